The molecule has 2 aromatic rings. The Labute approximate surface area is 194 Å². The van der Waals surface area contributed by atoms with Gasteiger partial charge in [0.1, 0.15) is 12.4 Å². The van der Waals surface area contributed by atoms with Crippen molar-refractivity contribution in [2.24, 2.45) is 0 Å². The minimum atomic E-state index is -0.491. The second-order valence-electron chi connectivity index (χ2n) is 8.95. The molecule has 0 saturated carbocycles. The SMILES string of the molecule is Cc1ccc(OC[C@@H]2c3ccsc3CCN2C(=O)CN(C[C@@H]2CCCO2)C[C@@H](C)O)cc1. The lowest BCUT2D eigenvalue weighted by molar-refractivity contribution is -0.136. The second kappa shape index (κ2) is 10.8. The van der Waals surface area contributed by atoms with Crippen molar-refractivity contribution in [3.63, 3.8) is 0 Å². The van der Waals surface area contributed by atoms with Gasteiger partial charge in [-0.05, 0) is 62.3 Å². The van der Waals surface area contributed by atoms with Crippen molar-refractivity contribution in [1.82, 2.24) is 9.80 Å². The molecule has 1 aromatic carbocycles. The van der Waals surface area contributed by atoms with E-state index in [1.165, 1.54) is 16.0 Å². The maximum absolute atomic E-state index is 13.5. The van der Waals surface area contributed by atoms with Gasteiger partial charge >= 0.3 is 0 Å². The zero-order valence-corrected chi connectivity index (χ0v) is 19.9. The van der Waals surface area contributed by atoms with Gasteiger partial charge in [0.15, 0.2) is 0 Å². The van der Waals surface area contributed by atoms with Crippen molar-refractivity contribution in [3.05, 3.63) is 51.7 Å². The number of ether oxygens (including phenoxy) is 2. The topological polar surface area (TPSA) is 62.2 Å². The first-order valence-corrected chi connectivity index (χ1v) is 12.4. The molecule has 1 saturated heterocycles. The highest BCUT2D eigenvalue weighted by Crippen LogP contribution is 2.34. The van der Waals surface area contributed by atoms with Crippen molar-refractivity contribution in [2.75, 3.05) is 39.4 Å². The van der Waals surface area contributed by atoms with Crippen LogP contribution in [0.3, 0.4) is 0 Å². The Morgan fingerprint density at radius 1 is 1.34 bits per heavy atom. The van der Waals surface area contributed by atoms with Crippen LogP contribution in [0.2, 0.25) is 0 Å². The minimum Gasteiger partial charge on any atom is -0.491 e. The summed E-state index contributed by atoms with van der Waals surface area (Å²) in [6.07, 6.45) is 2.61. The monoisotopic (exact) mass is 458 g/mol. The van der Waals surface area contributed by atoms with Crippen molar-refractivity contribution in [2.45, 2.75) is 51.4 Å². The molecule has 7 heteroatoms. The van der Waals surface area contributed by atoms with Gasteiger partial charge in [0.2, 0.25) is 5.91 Å². The first-order chi connectivity index (χ1) is 15.5. The highest BCUT2D eigenvalue weighted by molar-refractivity contribution is 7.10. The summed E-state index contributed by atoms with van der Waals surface area (Å²) in [5.74, 6) is 0.900. The molecule has 4 rings (SSSR count). The van der Waals surface area contributed by atoms with Gasteiger partial charge in [0.25, 0.3) is 0 Å². The van der Waals surface area contributed by atoms with Gasteiger partial charge in [0.05, 0.1) is 24.8 Å². The van der Waals surface area contributed by atoms with E-state index in [-0.39, 0.29) is 24.6 Å². The highest BCUT2D eigenvalue weighted by atomic mass is 32.1. The lowest BCUT2D eigenvalue weighted by atomic mass is 10.0. The van der Waals surface area contributed by atoms with E-state index < -0.39 is 6.10 Å². The van der Waals surface area contributed by atoms with E-state index >= 15 is 0 Å². The van der Waals surface area contributed by atoms with Gasteiger partial charge in [-0.2, -0.15) is 0 Å². The first kappa shape index (κ1) is 23.2. The fraction of sp³-hybridized carbons (Fsp3) is 0.560. The van der Waals surface area contributed by atoms with Crippen molar-refractivity contribution >= 4 is 17.2 Å². The molecule has 6 nitrogen and oxygen atoms in total. The van der Waals surface area contributed by atoms with Crippen LogP contribution in [-0.4, -0.2) is 72.4 Å². The maximum Gasteiger partial charge on any atom is 0.237 e. The van der Waals surface area contributed by atoms with Gasteiger partial charge in [-0.3, -0.25) is 9.69 Å². The summed E-state index contributed by atoms with van der Waals surface area (Å²) in [6, 6.07) is 10.1. The third kappa shape index (κ3) is 5.90. The number of benzene rings is 1. The summed E-state index contributed by atoms with van der Waals surface area (Å²) in [6.45, 7) is 7.16. The normalized spacial score (nSPS) is 21.6. The largest absolute Gasteiger partial charge is 0.491 e. The van der Waals surface area contributed by atoms with E-state index in [2.05, 4.69) is 18.4 Å². The van der Waals surface area contributed by atoms with Crippen LogP contribution in [0, 0.1) is 6.92 Å². The first-order valence-electron chi connectivity index (χ1n) is 11.6. The summed E-state index contributed by atoms with van der Waals surface area (Å²) in [4.78, 5) is 18.8. The number of hydrogen-bond donors (Lipinski definition) is 1. The standard InChI is InChI=1S/C25H34N2O4S/c1-18-5-7-20(8-6-18)31-17-23-22-10-13-32-24(22)9-11-27(23)25(29)16-26(14-19(2)28)15-21-4-3-12-30-21/h5-8,10,13,19,21,23,28H,3-4,9,11-12,14-17H2,1-2H3/t19-,21+,23-/m1/s1. The molecule has 0 radical (unpaired) electrons. The number of thiophene rings is 1. The second-order valence-corrected chi connectivity index (χ2v) is 9.95. The van der Waals surface area contributed by atoms with E-state index in [1.54, 1.807) is 18.3 Å². The molecule has 0 bridgehead atoms. The Morgan fingerprint density at radius 3 is 2.88 bits per heavy atom. The number of rotatable bonds is 9. The number of hydrogen-bond acceptors (Lipinski definition) is 6. The van der Waals surface area contributed by atoms with Crippen LogP contribution in [0.1, 0.15) is 41.8 Å². The number of nitrogens with zero attached hydrogens (tertiary/aromatic N) is 2. The van der Waals surface area contributed by atoms with Gasteiger partial charge in [-0.15, -0.1) is 11.3 Å². The zero-order valence-electron chi connectivity index (χ0n) is 19.0. The third-order valence-electron chi connectivity index (χ3n) is 6.21. The van der Waals surface area contributed by atoms with E-state index in [1.807, 2.05) is 34.1 Å². The van der Waals surface area contributed by atoms with E-state index in [0.717, 1.165) is 31.6 Å². The van der Waals surface area contributed by atoms with Crippen LogP contribution < -0.4 is 4.74 Å². The van der Waals surface area contributed by atoms with Crippen molar-refractivity contribution < 1.29 is 19.4 Å². The number of amides is 1. The fourth-order valence-electron chi connectivity index (χ4n) is 4.62. The molecule has 3 atom stereocenters. The molecule has 2 aliphatic heterocycles. The molecule has 1 fully saturated rings. The maximum atomic E-state index is 13.5. The number of aliphatic hydroxyl groups is 1. The molecule has 32 heavy (non-hydrogen) atoms. The molecule has 0 aliphatic carbocycles. The molecule has 174 valence electrons. The quantitative estimate of drug-likeness (QED) is 0.624. The molecule has 0 unspecified atom stereocenters. The molecule has 1 N–H and O–H groups in total. The molecule has 2 aliphatic rings. The predicted molar refractivity (Wildman–Crippen MR) is 126 cm³/mol. The summed E-state index contributed by atoms with van der Waals surface area (Å²) in [5, 5.41) is 12.1. The number of aryl methyl sites for hydroxylation is 1. The Kier molecular flexibility index (Phi) is 7.84. The number of carbonyl (C=O) groups is 1. The highest BCUT2D eigenvalue weighted by Gasteiger charge is 2.33. The third-order valence-corrected chi connectivity index (χ3v) is 7.21. The Morgan fingerprint density at radius 2 is 2.16 bits per heavy atom. The van der Waals surface area contributed by atoms with Gasteiger partial charge < -0.3 is 19.5 Å². The number of aliphatic hydroxyl groups excluding tert-OH is 1. The smallest absolute Gasteiger partial charge is 0.237 e. The molecular weight excluding hydrogens is 424 g/mol. The van der Waals surface area contributed by atoms with Crippen LogP contribution in [0.15, 0.2) is 35.7 Å². The van der Waals surface area contributed by atoms with Crippen LogP contribution in [0.5, 0.6) is 5.75 Å². The van der Waals surface area contributed by atoms with Crippen LogP contribution in [-0.2, 0) is 16.0 Å². The zero-order chi connectivity index (χ0) is 22.5. The summed E-state index contributed by atoms with van der Waals surface area (Å²) in [5.41, 5.74) is 2.39. The van der Waals surface area contributed by atoms with Crippen molar-refractivity contribution in [1.29, 1.82) is 0 Å². The average molecular weight is 459 g/mol. The van der Waals surface area contributed by atoms with Crippen molar-refractivity contribution in [3.8, 4) is 5.75 Å². The minimum absolute atomic E-state index is 0.0815. The molecule has 0 spiro atoms. The average Bonchev–Trinajstić information content (AvgIpc) is 3.44. The Bertz CT molecular complexity index is 876. The Hall–Kier alpha value is -1.93. The van der Waals surface area contributed by atoms with E-state index in [0.29, 0.717) is 26.2 Å². The van der Waals surface area contributed by atoms with Gasteiger partial charge in [-0.1, -0.05) is 17.7 Å². The number of fused-ring (bicyclic) bond motifs is 1. The number of carbonyl (C=O) groups excluding carboxylic acids is 1. The van der Waals surface area contributed by atoms with Gasteiger partial charge in [0, 0.05) is 31.1 Å². The van der Waals surface area contributed by atoms with Crippen LogP contribution in [0.4, 0.5) is 0 Å². The lowest BCUT2D eigenvalue weighted by Crippen LogP contribution is -2.48. The summed E-state index contributed by atoms with van der Waals surface area (Å²) < 4.78 is 11.9. The van der Waals surface area contributed by atoms with Crippen LogP contribution >= 0.6 is 11.3 Å². The molecule has 3 heterocycles. The summed E-state index contributed by atoms with van der Waals surface area (Å²) >= 11 is 1.76. The van der Waals surface area contributed by atoms with E-state index in [9.17, 15) is 9.90 Å². The lowest BCUT2D eigenvalue weighted by Gasteiger charge is -2.37. The summed E-state index contributed by atoms with van der Waals surface area (Å²) in [7, 11) is 0. The molecule has 1 aromatic heterocycles. The fourth-order valence-corrected chi connectivity index (χ4v) is 5.55. The van der Waals surface area contributed by atoms with Gasteiger partial charge in [-0.25, -0.2) is 0 Å². The molecule has 1 amide bonds. The van der Waals surface area contributed by atoms with E-state index in [4.69, 9.17) is 9.47 Å². The predicted octanol–water partition coefficient (Wildman–Crippen LogP) is 3.42. The Balaban J connectivity index is 1.45. The van der Waals surface area contributed by atoms with Crippen LogP contribution in [0.25, 0.3) is 0 Å². The molecular formula is C25H34N2O4S.